The summed E-state index contributed by atoms with van der Waals surface area (Å²) in [7, 11) is 0. The molecule has 0 saturated heterocycles. The zero-order valence-corrected chi connectivity index (χ0v) is 12.3. The molecule has 1 heterocycles. The molecular weight excluding hydrogens is 222 g/mol. The summed E-state index contributed by atoms with van der Waals surface area (Å²) in [5.74, 6) is 0.479. The summed E-state index contributed by atoms with van der Waals surface area (Å²) in [5, 5.41) is 0. The van der Waals surface area contributed by atoms with Crippen LogP contribution in [0.1, 0.15) is 70.7 Å². The molecule has 0 aliphatic rings. The second-order valence-electron chi connectivity index (χ2n) is 5.19. The first-order valence-electron chi connectivity index (χ1n) is 7.24. The Morgan fingerprint density at radius 3 is 2.61 bits per heavy atom. The van der Waals surface area contributed by atoms with Gasteiger partial charge in [0.2, 0.25) is 0 Å². The van der Waals surface area contributed by atoms with Crippen molar-refractivity contribution in [1.29, 1.82) is 0 Å². The Bertz CT molecular complexity index is 336. The van der Waals surface area contributed by atoms with Crippen molar-refractivity contribution in [2.45, 2.75) is 72.0 Å². The van der Waals surface area contributed by atoms with E-state index in [2.05, 4.69) is 50.9 Å². The highest BCUT2D eigenvalue weighted by molar-refractivity contribution is 5.13. The predicted molar refractivity (Wildman–Crippen MR) is 76.7 cm³/mol. The minimum atomic E-state index is 0.384. The molecule has 1 rings (SSSR count). The lowest BCUT2D eigenvalue weighted by molar-refractivity contribution is 0.0294. The van der Waals surface area contributed by atoms with Gasteiger partial charge in [-0.05, 0) is 30.9 Å². The number of ether oxygens (including phenoxy) is 1. The Morgan fingerprint density at radius 1 is 1.22 bits per heavy atom. The van der Waals surface area contributed by atoms with Crippen molar-refractivity contribution in [2.75, 3.05) is 0 Å². The van der Waals surface area contributed by atoms with Crippen LogP contribution in [-0.2, 0) is 11.3 Å². The lowest BCUT2D eigenvalue weighted by Gasteiger charge is -2.16. The largest absolute Gasteiger partial charge is 0.372 e. The Hall–Kier alpha value is -0.890. The van der Waals surface area contributed by atoms with Crippen LogP contribution in [0.2, 0.25) is 0 Å². The normalized spacial score (nSPS) is 12.9. The molecular formula is C16H27NO. The highest BCUT2D eigenvalue weighted by atomic mass is 16.5. The van der Waals surface area contributed by atoms with Crippen LogP contribution >= 0.6 is 0 Å². The van der Waals surface area contributed by atoms with Crippen LogP contribution in [0.5, 0.6) is 0 Å². The van der Waals surface area contributed by atoms with Gasteiger partial charge in [-0.2, -0.15) is 0 Å². The molecule has 1 aromatic rings. The van der Waals surface area contributed by atoms with Gasteiger partial charge in [0.15, 0.2) is 0 Å². The number of rotatable bonds is 8. The monoisotopic (exact) mass is 249 g/mol. The van der Waals surface area contributed by atoms with Gasteiger partial charge >= 0.3 is 0 Å². The van der Waals surface area contributed by atoms with Gasteiger partial charge in [-0.25, -0.2) is 0 Å². The summed E-state index contributed by atoms with van der Waals surface area (Å²) in [6.45, 7) is 9.40. The fourth-order valence-corrected chi connectivity index (χ4v) is 1.94. The van der Waals surface area contributed by atoms with Crippen LogP contribution < -0.4 is 0 Å². The first-order chi connectivity index (χ1) is 8.67. The second-order valence-corrected chi connectivity index (χ2v) is 5.19. The molecule has 102 valence electrons. The van der Waals surface area contributed by atoms with E-state index >= 15 is 0 Å². The number of unbranched alkanes of at least 4 members (excludes halogenated alkanes) is 1. The summed E-state index contributed by atoms with van der Waals surface area (Å²) in [6.07, 6.45) is 5.12. The molecule has 1 aromatic heterocycles. The molecule has 2 heteroatoms. The molecule has 0 N–H and O–H groups in total. The standard InChI is InChI=1S/C16H27NO/c1-5-7-10-15(6-2)18-12-14-9-8-11-16(17-14)13(3)4/h8-9,11,13,15H,5-7,10,12H2,1-4H3/t15-/m1/s1. The van der Waals surface area contributed by atoms with Crippen LogP contribution in [0.3, 0.4) is 0 Å². The number of aromatic nitrogens is 1. The van der Waals surface area contributed by atoms with Gasteiger partial charge in [0.05, 0.1) is 18.4 Å². The van der Waals surface area contributed by atoms with E-state index in [4.69, 9.17) is 4.74 Å². The quantitative estimate of drug-likeness (QED) is 0.666. The minimum absolute atomic E-state index is 0.384. The van der Waals surface area contributed by atoms with E-state index in [0.717, 1.165) is 24.2 Å². The van der Waals surface area contributed by atoms with Gasteiger partial charge in [-0.1, -0.05) is 46.6 Å². The van der Waals surface area contributed by atoms with Crippen molar-refractivity contribution in [1.82, 2.24) is 4.98 Å². The van der Waals surface area contributed by atoms with Crippen molar-refractivity contribution >= 4 is 0 Å². The summed E-state index contributed by atoms with van der Waals surface area (Å²) in [6, 6.07) is 6.22. The van der Waals surface area contributed by atoms with E-state index in [1.54, 1.807) is 0 Å². The number of hydrogen-bond acceptors (Lipinski definition) is 2. The fourth-order valence-electron chi connectivity index (χ4n) is 1.94. The number of nitrogens with zero attached hydrogens (tertiary/aromatic N) is 1. The highest BCUT2D eigenvalue weighted by Crippen LogP contribution is 2.14. The van der Waals surface area contributed by atoms with Gasteiger partial charge in [0, 0.05) is 5.69 Å². The maximum absolute atomic E-state index is 5.95. The van der Waals surface area contributed by atoms with Crippen molar-refractivity contribution in [3.63, 3.8) is 0 Å². The molecule has 2 nitrogen and oxygen atoms in total. The zero-order valence-electron chi connectivity index (χ0n) is 12.3. The van der Waals surface area contributed by atoms with E-state index in [0.29, 0.717) is 18.6 Å². The van der Waals surface area contributed by atoms with Crippen molar-refractivity contribution in [3.8, 4) is 0 Å². The minimum Gasteiger partial charge on any atom is -0.372 e. The Balaban J connectivity index is 2.48. The molecule has 0 aliphatic heterocycles. The van der Waals surface area contributed by atoms with Crippen molar-refractivity contribution < 1.29 is 4.74 Å². The fraction of sp³-hybridized carbons (Fsp3) is 0.688. The summed E-state index contributed by atoms with van der Waals surface area (Å²) >= 11 is 0. The lowest BCUT2D eigenvalue weighted by Crippen LogP contribution is -2.12. The Labute approximate surface area is 112 Å². The third-order valence-electron chi connectivity index (χ3n) is 3.22. The molecule has 0 fully saturated rings. The third-order valence-corrected chi connectivity index (χ3v) is 3.22. The third kappa shape index (κ3) is 5.18. The van der Waals surface area contributed by atoms with Crippen LogP contribution in [0.15, 0.2) is 18.2 Å². The average molecular weight is 249 g/mol. The maximum Gasteiger partial charge on any atom is 0.0891 e. The molecule has 0 radical (unpaired) electrons. The molecule has 0 saturated carbocycles. The zero-order chi connectivity index (χ0) is 13.4. The highest BCUT2D eigenvalue weighted by Gasteiger charge is 2.07. The molecule has 0 unspecified atom stereocenters. The van der Waals surface area contributed by atoms with Crippen molar-refractivity contribution in [2.24, 2.45) is 0 Å². The Kier molecular flexibility index (Phi) is 6.96. The van der Waals surface area contributed by atoms with E-state index in [9.17, 15) is 0 Å². The van der Waals surface area contributed by atoms with Crippen LogP contribution in [0.4, 0.5) is 0 Å². The topological polar surface area (TPSA) is 22.1 Å². The first-order valence-corrected chi connectivity index (χ1v) is 7.24. The molecule has 0 spiro atoms. The van der Waals surface area contributed by atoms with Crippen molar-refractivity contribution in [3.05, 3.63) is 29.6 Å². The van der Waals surface area contributed by atoms with E-state index in [1.165, 1.54) is 12.8 Å². The van der Waals surface area contributed by atoms with Gasteiger partial charge in [-0.15, -0.1) is 0 Å². The van der Waals surface area contributed by atoms with Crippen LogP contribution in [0.25, 0.3) is 0 Å². The van der Waals surface area contributed by atoms with Gasteiger partial charge < -0.3 is 4.74 Å². The number of pyridine rings is 1. The summed E-state index contributed by atoms with van der Waals surface area (Å²) < 4.78 is 5.95. The molecule has 18 heavy (non-hydrogen) atoms. The molecule has 0 amide bonds. The smallest absolute Gasteiger partial charge is 0.0891 e. The summed E-state index contributed by atoms with van der Waals surface area (Å²) in [5.41, 5.74) is 2.20. The molecule has 0 aliphatic carbocycles. The molecule has 0 bridgehead atoms. The van der Waals surface area contributed by atoms with Gasteiger partial charge in [-0.3, -0.25) is 4.98 Å². The first kappa shape index (κ1) is 15.2. The predicted octanol–water partition coefficient (Wildman–Crippen LogP) is 4.69. The van der Waals surface area contributed by atoms with E-state index in [1.807, 2.05) is 0 Å². The van der Waals surface area contributed by atoms with Crippen LogP contribution in [-0.4, -0.2) is 11.1 Å². The Morgan fingerprint density at radius 2 is 2.00 bits per heavy atom. The number of hydrogen-bond donors (Lipinski definition) is 0. The van der Waals surface area contributed by atoms with E-state index in [-0.39, 0.29) is 0 Å². The summed E-state index contributed by atoms with van der Waals surface area (Å²) in [4.78, 5) is 4.63. The average Bonchev–Trinajstić information content (AvgIpc) is 2.39. The second kappa shape index (κ2) is 8.25. The van der Waals surface area contributed by atoms with Gasteiger partial charge in [0.25, 0.3) is 0 Å². The SMILES string of the molecule is CCCC[C@@H](CC)OCc1cccc(C(C)C)n1. The molecule has 0 aromatic carbocycles. The van der Waals surface area contributed by atoms with Gasteiger partial charge in [0.1, 0.15) is 0 Å². The van der Waals surface area contributed by atoms with Crippen LogP contribution in [0, 0.1) is 0 Å². The maximum atomic E-state index is 5.95. The molecule has 1 atom stereocenters. The lowest BCUT2D eigenvalue weighted by atomic mass is 10.1. The van der Waals surface area contributed by atoms with E-state index < -0.39 is 0 Å².